The number of rotatable bonds is 5. The summed E-state index contributed by atoms with van der Waals surface area (Å²) in [7, 11) is 0. The fraction of sp³-hybridized carbons (Fsp3) is 0.350. The molecule has 0 unspecified atom stereocenters. The van der Waals surface area contributed by atoms with Crippen LogP contribution in [0.5, 0.6) is 11.5 Å². The number of piperidine rings is 1. The van der Waals surface area contributed by atoms with Gasteiger partial charge in [-0.15, -0.1) is 0 Å². The second kappa shape index (κ2) is 8.64. The van der Waals surface area contributed by atoms with Crippen molar-refractivity contribution in [1.82, 2.24) is 10.4 Å². The molecular formula is C20H23BrFN3O. The molecule has 1 heterocycles. The number of nitrogens with zero attached hydrogens (tertiary/aromatic N) is 2. The van der Waals surface area contributed by atoms with Crippen LogP contribution in [0.1, 0.15) is 30.4 Å². The third-order valence-corrected chi connectivity index (χ3v) is 5.06. The highest BCUT2D eigenvalue weighted by Gasteiger charge is 2.09. The Morgan fingerprint density at radius 1 is 1.12 bits per heavy atom. The van der Waals surface area contributed by atoms with E-state index in [9.17, 15) is 4.39 Å². The maximum absolute atomic E-state index is 13.7. The number of hydrazine groups is 1. The van der Waals surface area contributed by atoms with E-state index in [0.29, 0.717) is 16.0 Å². The minimum Gasteiger partial charge on any atom is -0.457 e. The molecule has 1 aliphatic rings. The lowest BCUT2D eigenvalue weighted by Gasteiger charge is -2.25. The number of hydrogen-bond donors (Lipinski definition) is 1. The number of benzene rings is 2. The summed E-state index contributed by atoms with van der Waals surface area (Å²) in [5.41, 5.74) is 6.09. The molecule has 2 aromatic carbocycles. The van der Waals surface area contributed by atoms with Crippen molar-refractivity contribution in [2.24, 2.45) is 4.99 Å². The Balaban J connectivity index is 1.69. The summed E-state index contributed by atoms with van der Waals surface area (Å²) in [6, 6.07) is 8.65. The number of ether oxygens (including phenoxy) is 1. The first kappa shape index (κ1) is 18.9. The molecule has 0 atom stereocenters. The first-order valence-corrected chi connectivity index (χ1v) is 9.60. The van der Waals surface area contributed by atoms with Gasteiger partial charge in [0.25, 0.3) is 0 Å². The van der Waals surface area contributed by atoms with E-state index >= 15 is 0 Å². The SMILES string of the molecule is Cc1cc(Oc2ccc(Br)c(F)c2)c(C)cc1/N=C/NN1CCCCC1. The largest absolute Gasteiger partial charge is 0.457 e. The Hall–Kier alpha value is -1.92. The van der Waals surface area contributed by atoms with Crippen LogP contribution in [0.3, 0.4) is 0 Å². The van der Waals surface area contributed by atoms with Crippen LogP contribution in [-0.2, 0) is 0 Å². The molecule has 0 spiro atoms. The van der Waals surface area contributed by atoms with Crippen molar-refractivity contribution in [3.05, 3.63) is 51.7 Å². The van der Waals surface area contributed by atoms with Crippen LogP contribution in [0.15, 0.2) is 39.8 Å². The molecule has 6 heteroatoms. The topological polar surface area (TPSA) is 36.9 Å². The maximum Gasteiger partial charge on any atom is 0.141 e. The van der Waals surface area contributed by atoms with Crippen LogP contribution in [0.4, 0.5) is 10.1 Å². The molecule has 0 amide bonds. The van der Waals surface area contributed by atoms with Crippen molar-refractivity contribution in [3.63, 3.8) is 0 Å². The highest BCUT2D eigenvalue weighted by molar-refractivity contribution is 9.10. The monoisotopic (exact) mass is 419 g/mol. The summed E-state index contributed by atoms with van der Waals surface area (Å²) < 4.78 is 19.9. The predicted octanol–water partition coefficient (Wildman–Crippen LogP) is 5.65. The van der Waals surface area contributed by atoms with Gasteiger partial charge in [-0.3, -0.25) is 0 Å². The zero-order chi connectivity index (χ0) is 18.5. The minimum atomic E-state index is -0.345. The van der Waals surface area contributed by atoms with Gasteiger partial charge >= 0.3 is 0 Å². The van der Waals surface area contributed by atoms with Crippen molar-refractivity contribution in [2.75, 3.05) is 13.1 Å². The first-order chi connectivity index (χ1) is 12.5. The summed E-state index contributed by atoms with van der Waals surface area (Å²) >= 11 is 3.15. The molecule has 138 valence electrons. The van der Waals surface area contributed by atoms with E-state index < -0.39 is 0 Å². The average Bonchev–Trinajstić information content (AvgIpc) is 2.63. The van der Waals surface area contributed by atoms with Crippen molar-refractivity contribution in [2.45, 2.75) is 33.1 Å². The molecular weight excluding hydrogens is 397 g/mol. The van der Waals surface area contributed by atoms with E-state index in [1.807, 2.05) is 26.0 Å². The lowest BCUT2D eigenvalue weighted by molar-refractivity contribution is 0.197. The average molecular weight is 420 g/mol. The Kier molecular flexibility index (Phi) is 6.27. The van der Waals surface area contributed by atoms with Gasteiger partial charge in [-0.05, 0) is 78.0 Å². The molecule has 4 nitrogen and oxygen atoms in total. The highest BCUT2D eigenvalue weighted by atomic mass is 79.9. The Morgan fingerprint density at radius 3 is 2.62 bits per heavy atom. The molecule has 26 heavy (non-hydrogen) atoms. The molecule has 1 N–H and O–H groups in total. The number of hydrogen-bond acceptors (Lipinski definition) is 3. The summed E-state index contributed by atoms with van der Waals surface area (Å²) in [6.07, 6.45) is 5.50. The molecule has 0 aromatic heterocycles. The first-order valence-electron chi connectivity index (χ1n) is 8.81. The molecule has 0 saturated carbocycles. The fourth-order valence-electron chi connectivity index (χ4n) is 2.89. The third kappa shape index (κ3) is 4.83. The van der Waals surface area contributed by atoms with E-state index in [1.54, 1.807) is 18.5 Å². The van der Waals surface area contributed by atoms with E-state index in [1.165, 1.54) is 25.3 Å². The smallest absolute Gasteiger partial charge is 0.141 e. The number of halogens is 2. The normalized spacial score (nSPS) is 15.4. The van der Waals surface area contributed by atoms with Crippen LogP contribution < -0.4 is 10.2 Å². The number of aryl methyl sites for hydroxylation is 2. The third-order valence-electron chi connectivity index (χ3n) is 4.41. The van der Waals surface area contributed by atoms with E-state index in [-0.39, 0.29) is 5.82 Å². The molecule has 1 saturated heterocycles. The van der Waals surface area contributed by atoms with Gasteiger partial charge in [0.05, 0.1) is 10.2 Å². The molecule has 0 radical (unpaired) electrons. The van der Waals surface area contributed by atoms with Crippen LogP contribution in [0, 0.1) is 19.7 Å². The lowest BCUT2D eigenvalue weighted by Crippen LogP contribution is -2.40. The molecule has 0 aliphatic carbocycles. The van der Waals surface area contributed by atoms with Gasteiger partial charge in [0.15, 0.2) is 0 Å². The van der Waals surface area contributed by atoms with Crippen LogP contribution in [0.25, 0.3) is 0 Å². The Labute approximate surface area is 162 Å². The molecule has 1 aliphatic heterocycles. The summed E-state index contributed by atoms with van der Waals surface area (Å²) in [4.78, 5) is 4.54. The van der Waals surface area contributed by atoms with Crippen LogP contribution >= 0.6 is 15.9 Å². The zero-order valence-corrected chi connectivity index (χ0v) is 16.6. The summed E-state index contributed by atoms with van der Waals surface area (Å²) in [5, 5.41) is 2.19. The number of nitrogens with one attached hydrogen (secondary N) is 1. The van der Waals surface area contributed by atoms with Crippen molar-refractivity contribution < 1.29 is 9.13 Å². The Morgan fingerprint density at radius 2 is 1.88 bits per heavy atom. The zero-order valence-electron chi connectivity index (χ0n) is 15.1. The van der Waals surface area contributed by atoms with Gasteiger partial charge in [-0.1, -0.05) is 6.42 Å². The summed E-state index contributed by atoms with van der Waals surface area (Å²) in [6.45, 7) is 6.06. The van der Waals surface area contributed by atoms with Gasteiger partial charge in [0, 0.05) is 19.2 Å². The van der Waals surface area contributed by atoms with Crippen LogP contribution in [-0.4, -0.2) is 24.4 Å². The van der Waals surface area contributed by atoms with Gasteiger partial charge in [-0.2, -0.15) is 0 Å². The van der Waals surface area contributed by atoms with Gasteiger partial charge in [-0.25, -0.2) is 14.4 Å². The van der Waals surface area contributed by atoms with Crippen LogP contribution in [0.2, 0.25) is 0 Å². The van der Waals surface area contributed by atoms with Gasteiger partial charge in [0.2, 0.25) is 0 Å². The van der Waals surface area contributed by atoms with Gasteiger partial charge < -0.3 is 10.2 Å². The highest BCUT2D eigenvalue weighted by Crippen LogP contribution is 2.32. The maximum atomic E-state index is 13.7. The lowest BCUT2D eigenvalue weighted by atomic mass is 10.1. The fourth-order valence-corrected chi connectivity index (χ4v) is 3.14. The standard InChI is InChI=1S/C20H23BrFN3O/c1-14-11-20(26-16-6-7-17(21)18(22)12-16)15(2)10-19(14)23-13-24-25-8-4-3-5-9-25/h6-7,10-13H,3-5,8-9H2,1-2H3,(H,23,24). The number of aliphatic imine (C=N–C) groups is 1. The molecule has 0 bridgehead atoms. The van der Waals surface area contributed by atoms with Crippen molar-refractivity contribution >= 4 is 28.0 Å². The second-order valence-electron chi connectivity index (χ2n) is 6.52. The minimum absolute atomic E-state index is 0.345. The van der Waals surface area contributed by atoms with Crippen molar-refractivity contribution in [3.8, 4) is 11.5 Å². The quantitative estimate of drug-likeness (QED) is 0.502. The van der Waals surface area contributed by atoms with E-state index in [4.69, 9.17) is 4.74 Å². The summed E-state index contributed by atoms with van der Waals surface area (Å²) in [5.74, 6) is 0.824. The molecule has 2 aromatic rings. The molecule has 3 rings (SSSR count). The van der Waals surface area contributed by atoms with E-state index in [0.717, 1.165) is 29.9 Å². The van der Waals surface area contributed by atoms with Gasteiger partial charge in [0.1, 0.15) is 23.7 Å². The predicted molar refractivity (Wildman–Crippen MR) is 107 cm³/mol. The second-order valence-corrected chi connectivity index (χ2v) is 7.37. The Bertz CT molecular complexity index is 804. The molecule has 1 fully saturated rings. The van der Waals surface area contributed by atoms with E-state index in [2.05, 4.69) is 31.4 Å². The van der Waals surface area contributed by atoms with Crippen molar-refractivity contribution in [1.29, 1.82) is 0 Å².